The Balaban J connectivity index is 1.86. The van der Waals surface area contributed by atoms with E-state index in [-0.39, 0.29) is 0 Å². The highest BCUT2D eigenvalue weighted by atomic mass is 127. The Morgan fingerprint density at radius 2 is 2.31 bits per heavy atom. The number of ether oxygens (including phenoxy) is 1. The van der Waals surface area contributed by atoms with Gasteiger partial charge in [-0.25, -0.2) is 0 Å². The fourth-order valence-electron chi connectivity index (χ4n) is 2.13. The number of anilines is 1. The van der Waals surface area contributed by atoms with Crippen LogP contribution in [0.5, 0.6) is 0 Å². The third-order valence-corrected chi connectivity index (χ3v) is 3.86. The van der Waals surface area contributed by atoms with Crippen LogP contribution in [0.15, 0.2) is 24.3 Å². The minimum absolute atomic E-state index is 0.462. The van der Waals surface area contributed by atoms with E-state index in [4.69, 9.17) is 4.74 Å². The lowest BCUT2D eigenvalue weighted by Crippen LogP contribution is -2.22. The molecule has 0 saturated carbocycles. The largest absolute Gasteiger partial charge is 0.382 e. The summed E-state index contributed by atoms with van der Waals surface area (Å²) in [5.74, 6) is 0. The van der Waals surface area contributed by atoms with Crippen LogP contribution < -0.4 is 5.32 Å². The van der Waals surface area contributed by atoms with Crippen LogP contribution in [0.4, 0.5) is 5.69 Å². The van der Waals surface area contributed by atoms with E-state index in [1.165, 1.54) is 22.1 Å². The van der Waals surface area contributed by atoms with Crippen LogP contribution in [0.3, 0.4) is 0 Å². The molecular formula is C13H18INO. The van der Waals surface area contributed by atoms with Crippen LogP contribution in [-0.4, -0.2) is 18.8 Å². The summed E-state index contributed by atoms with van der Waals surface area (Å²) in [5, 5.41) is 3.55. The molecule has 0 aliphatic carbocycles. The molecule has 88 valence electrons. The number of rotatable bonds is 4. The predicted molar refractivity (Wildman–Crippen MR) is 75.8 cm³/mol. The predicted octanol–water partition coefficient (Wildman–Crippen LogP) is 3.66. The van der Waals surface area contributed by atoms with Crippen LogP contribution in [0.25, 0.3) is 0 Å². The fraction of sp³-hybridized carbons (Fsp3) is 0.538. The van der Waals surface area contributed by atoms with Gasteiger partial charge in [0, 0.05) is 21.9 Å². The highest BCUT2D eigenvalue weighted by molar-refractivity contribution is 14.1. The molecule has 16 heavy (non-hydrogen) atoms. The Hall–Kier alpha value is -0.290. The second-order valence-electron chi connectivity index (χ2n) is 4.40. The van der Waals surface area contributed by atoms with Gasteiger partial charge in [-0.1, -0.05) is 12.1 Å². The third-order valence-electron chi connectivity index (χ3n) is 2.92. The number of halogens is 1. The van der Waals surface area contributed by atoms with E-state index in [1.54, 1.807) is 0 Å². The van der Waals surface area contributed by atoms with Crippen molar-refractivity contribution in [1.82, 2.24) is 0 Å². The zero-order valence-corrected chi connectivity index (χ0v) is 11.7. The number of para-hydroxylation sites is 1. The Kier molecular flexibility index (Phi) is 4.46. The molecule has 2 nitrogen and oxygen atoms in total. The van der Waals surface area contributed by atoms with Gasteiger partial charge in [0.1, 0.15) is 0 Å². The molecule has 1 heterocycles. The molecule has 1 saturated heterocycles. The molecule has 1 aromatic carbocycles. The van der Waals surface area contributed by atoms with Gasteiger partial charge in [-0.2, -0.15) is 0 Å². The summed E-state index contributed by atoms with van der Waals surface area (Å²) in [5.41, 5.74) is 1.23. The maximum atomic E-state index is 5.65. The molecule has 2 rings (SSSR count). The number of hydrogen-bond donors (Lipinski definition) is 1. The van der Waals surface area contributed by atoms with Crippen molar-refractivity contribution in [3.63, 3.8) is 0 Å². The van der Waals surface area contributed by atoms with E-state index < -0.39 is 0 Å². The molecule has 1 aromatic rings. The van der Waals surface area contributed by atoms with E-state index in [9.17, 15) is 0 Å². The Morgan fingerprint density at radius 1 is 1.50 bits per heavy atom. The van der Waals surface area contributed by atoms with Crippen molar-refractivity contribution in [2.75, 3.05) is 11.9 Å². The van der Waals surface area contributed by atoms with Crippen molar-refractivity contribution in [3.8, 4) is 0 Å². The summed E-state index contributed by atoms with van der Waals surface area (Å²) in [6.45, 7) is 3.17. The smallest absolute Gasteiger partial charge is 0.0595 e. The van der Waals surface area contributed by atoms with Crippen molar-refractivity contribution >= 4 is 28.3 Å². The minimum Gasteiger partial charge on any atom is -0.382 e. The van der Waals surface area contributed by atoms with Crippen molar-refractivity contribution in [2.45, 2.75) is 38.3 Å². The second kappa shape index (κ2) is 5.87. The lowest BCUT2D eigenvalue weighted by molar-refractivity contribution is 0.101. The summed E-state index contributed by atoms with van der Waals surface area (Å²) in [7, 11) is 0. The first-order valence-electron chi connectivity index (χ1n) is 5.88. The van der Waals surface area contributed by atoms with Crippen molar-refractivity contribution in [3.05, 3.63) is 27.8 Å². The zero-order valence-electron chi connectivity index (χ0n) is 9.58. The summed E-state index contributed by atoms with van der Waals surface area (Å²) >= 11 is 2.36. The summed E-state index contributed by atoms with van der Waals surface area (Å²) in [4.78, 5) is 0. The monoisotopic (exact) mass is 331 g/mol. The minimum atomic E-state index is 0.462. The van der Waals surface area contributed by atoms with Gasteiger partial charge in [-0.15, -0.1) is 0 Å². The number of nitrogens with one attached hydrogen (secondary N) is 1. The fourth-order valence-corrected chi connectivity index (χ4v) is 2.67. The van der Waals surface area contributed by atoms with Crippen LogP contribution in [0.2, 0.25) is 0 Å². The summed E-state index contributed by atoms with van der Waals surface area (Å²) < 4.78 is 6.93. The Morgan fingerprint density at radius 3 is 3.00 bits per heavy atom. The first-order valence-corrected chi connectivity index (χ1v) is 6.96. The second-order valence-corrected chi connectivity index (χ2v) is 5.56. The van der Waals surface area contributed by atoms with E-state index >= 15 is 0 Å². The van der Waals surface area contributed by atoms with Gasteiger partial charge in [-0.05, 0) is 60.9 Å². The maximum Gasteiger partial charge on any atom is 0.0595 e. The molecule has 0 radical (unpaired) electrons. The maximum absolute atomic E-state index is 5.65. The average molecular weight is 331 g/mol. The van der Waals surface area contributed by atoms with E-state index in [0.29, 0.717) is 12.1 Å². The normalized spacial score (nSPS) is 22.0. The molecule has 1 aliphatic rings. The third kappa shape index (κ3) is 3.35. The molecule has 0 amide bonds. The summed E-state index contributed by atoms with van der Waals surface area (Å²) in [6.07, 6.45) is 4.01. The van der Waals surface area contributed by atoms with Gasteiger partial charge in [0.15, 0.2) is 0 Å². The van der Waals surface area contributed by atoms with Gasteiger partial charge in [-0.3, -0.25) is 0 Å². The molecule has 2 atom stereocenters. The van der Waals surface area contributed by atoms with E-state index in [0.717, 1.165) is 13.0 Å². The van der Waals surface area contributed by atoms with Crippen LogP contribution >= 0.6 is 22.6 Å². The molecule has 1 fully saturated rings. The lowest BCUT2D eigenvalue weighted by Gasteiger charge is -2.19. The molecule has 1 N–H and O–H groups in total. The SMILES string of the molecule is CC(CC1CCCO1)Nc1ccccc1I. The molecule has 1 aliphatic heterocycles. The molecule has 2 unspecified atom stereocenters. The van der Waals surface area contributed by atoms with E-state index in [1.807, 2.05) is 0 Å². The molecule has 0 aromatic heterocycles. The van der Waals surface area contributed by atoms with Crippen LogP contribution in [0.1, 0.15) is 26.2 Å². The standard InChI is InChI=1S/C13H18INO/c1-10(9-11-5-4-8-16-11)15-13-7-3-2-6-12(13)14/h2-3,6-7,10-11,15H,4-5,8-9H2,1H3. The van der Waals surface area contributed by atoms with Crippen molar-refractivity contribution in [2.24, 2.45) is 0 Å². The highest BCUT2D eigenvalue weighted by Gasteiger charge is 2.18. The van der Waals surface area contributed by atoms with Gasteiger partial charge >= 0.3 is 0 Å². The highest BCUT2D eigenvalue weighted by Crippen LogP contribution is 2.21. The average Bonchev–Trinajstić information content (AvgIpc) is 2.74. The van der Waals surface area contributed by atoms with Crippen LogP contribution in [0, 0.1) is 3.57 Å². The number of hydrogen-bond acceptors (Lipinski definition) is 2. The quantitative estimate of drug-likeness (QED) is 0.850. The molecule has 3 heteroatoms. The lowest BCUT2D eigenvalue weighted by atomic mass is 10.1. The Bertz CT molecular complexity index is 336. The molecule has 0 bridgehead atoms. The van der Waals surface area contributed by atoms with E-state index in [2.05, 4.69) is 59.1 Å². The zero-order chi connectivity index (χ0) is 11.4. The van der Waals surface area contributed by atoms with Crippen molar-refractivity contribution < 1.29 is 4.74 Å². The Labute approximate surface area is 111 Å². The molecular weight excluding hydrogens is 313 g/mol. The number of benzene rings is 1. The van der Waals surface area contributed by atoms with Gasteiger partial charge in [0.05, 0.1) is 6.10 Å². The first kappa shape index (κ1) is 12.2. The van der Waals surface area contributed by atoms with Gasteiger partial charge in [0.2, 0.25) is 0 Å². The van der Waals surface area contributed by atoms with Gasteiger partial charge in [0.25, 0.3) is 0 Å². The van der Waals surface area contributed by atoms with Crippen LogP contribution in [-0.2, 0) is 4.74 Å². The topological polar surface area (TPSA) is 21.3 Å². The molecule has 0 spiro atoms. The first-order chi connectivity index (χ1) is 7.75. The summed E-state index contributed by atoms with van der Waals surface area (Å²) in [6, 6.07) is 8.87. The van der Waals surface area contributed by atoms with Crippen molar-refractivity contribution in [1.29, 1.82) is 0 Å². The van der Waals surface area contributed by atoms with Gasteiger partial charge < -0.3 is 10.1 Å².